The normalized spacial score (nSPS) is 14.1. The van der Waals surface area contributed by atoms with Crippen molar-refractivity contribution < 1.29 is 18.8 Å². The number of aromatic nitrogens is 2. The van der Waals surface area contributed by atoms with E-state index in [9.17, 15) is 9.59 Å². The molecule has 0 aliphatic carbocycles. The molecule has 0 spiro atoms. The molecule has 3 rings (SSSR count). The summed E-state index contributed by atoms with van der Waals surface area (Å²) in [5.41, 5.74) is 1.27. The van der Waals surface area contributed by atoms with Crippen LogP contribution >= 0.6 is 0 Å². The minimum atomic E-state index is -0.171. The highest BCUT2D eigenvalue weighted by molar-refractivity contribution is 5.98. The van der Waals surface area contributed by atoms with Gasteiger partial charge >= 0.3 is 0 Å². The molecular formula is C18H22N4O4. The predicted molar refractivity (Wildman–Crippen MR) is 93.7 cm³/mol. The van der Waals surface area contributed by atoms with Crippen LogP contribution in [0.3, 0.4) is 0 Å². The van der Waals surface area contributed by atoms with E-state index in [1.54, 1.807) is 37.3 Å². The van der Waals surface area contributed by atoms with Crippen LogP contribution in [0.4, 0.5) is 5.69 Å². The van der Waals surface area contributed by atoms with Gasteiger partial charge in [0.05, 0.1) is 13.2 Å². The summed E-state index contributed by atoms with van der Waals surface area (Å²) < 4.78 is 10.2. The molecule has 0 bridgehead atoms. The zero-order chi connectivity index (χ0) is 18.5. The van der Waals surface area contributed by atoms with Gasteiger partial charge in [0.15, 0.2) is 5.82 Å². The molecule has 1 aromatic carbocycles. The van der Waals surface area contributed by atoms with Gasteiger partial charge in [-0.15, -0.1) is 0 Å². The molecule has 0 saturated carbocycles. The lowest BCUT2D eigenvalue weighted by Gasteiger charge is -2.18. The van der Waals surface area contributed by atoms with Gasteiger partial charge in [-0.05, 0) is 24.6 Å². The summed E-state index contributed by atoms with van der Waals surface area (Å²) in [6.45, 7) is 1.42. The molecule has 0 radical (unpaired) electrons. The number of amides is 2. The first-order valence-electron chi connectivity index (χ1n) is 8.55. The van der Waals surface area contributed by atoms with Crippen molar-refractivity contribution in [3.8, 4) is 0 Å². The number of nitrogens with zero attached hydrogens (tertiary/aromatic N) is 4. The van der Waals surface area contributed by atoms with Crippen LogP contribution in [0.5, 0.6) is 0 Å². The Bertz CT molecular complexity index is 789. The molecule has 8 nitrogen and oxygen atoms in total. The second kappa shape index (κ2) is 8.09. The van der Waals surface area contributed by atoms with Crippen molar-refractivity contribution >= 4 is 17.5 Å². The van der Waals surface area contributed by atoms with Crippen molar-refractivity contribution in [2.24, 2.45) is 0 Å². The minimum absolute atomic E-state index is 0.0948. The number of benzene rings is 1. The number of hydrogen-bond acceptors (Lipinski definition) is 6. The number of anilines is 1. The van der Waals surface area contributed by atoms with Crippen molar-refractivity contribution in [2.75, 3.05) is 32.2 Å². The van der Waals surface area contributed by atoms with E-state index in [0.717, 1.165) is 12.1 Å². The Morgan fingerprint density at radius 2 is 2.27 bits per heavy atom. The number of carbonyl (C=O) groups is 2. The lowest BCUT2D eigenvalue weighted by Crippen LogP contribution is -2.27. The first-order chi connectivity index (χ1) is 12.6. The van der Waals surface area contributed by atoms with E-state index in [4.69, 9.17) is 9.26 Å². The molecule has 138 valence electrons. The SMILES string of the molecule is COCCc1noc(CN(C)C(=O)c2cccc(N3CCCC3=O)c2)n1. The third kappa shape index (κ3) is 4.08. The van der Waals surface area contributed by atoms with Gasteiger partial charge < -0.3 is 19.1 Å². The molecule has 1 aliphatic heterocycles. The van der Waals surface area contributed by atoms with Crippen molar-refractivity contribution in [3.05, 3.63) is 41.5 Å². The molecule has 1 saturated heterocycles. The highest BCUT2D eigenvalue weighted by Crippen LogP contribution is 2.23. The van der Waals surface area contributed by atoms with E-state index in [-0.39, 0.29) is 18.4 Å². The topological polar surface area (TPSA) is 88.8 Å². The first-order valence-corrected chi connectivity index (χ1v) is 8.55. The third-order valence-electron chi connectivity index (χ3n) is 4.24. The predicted octanol–water partition coefficient (Wildman–Crippen LogP) is 1.66. The van der Waals surface area contributed by atoms with Crippen LogP contribution in [0.1, 0.15) is 34.9 Å². The molecule has 0 unspecified atom stereocenters. The van der Waals surface area contributed by atoms with Crippen LogP contribution < -0.4 is 4.90 Å². The second-order valence-electron chi connectivity index (χ2n) is 6.21. The van der Waals surface area contributed by atoms with Crippen LogP contribution in [0.15, 0.2) is 28.8 Å². The summed E-state index contributed by atoms with van der Waals surface area (Å²) >= 11 is 0. The number of ether oxygens (including phenoxy) is 1. The van der Waals surface area contributed by atoms with Crippen molar-refractivity contribution in [2.45, 2.75) is 25.8 Å². The average molecular weight is 358 g/mol. The Balaban J connectivity index is 1.66. The summed E-state index contributed by atoms with van der Waals surface area (Å²) in [4.78, 5) is 32.1. The van der Waals surface area contributed by atoms with Crippen LogP contribution in [0.2, 0.25) is 0 Å². The maximum Gasteiger partial charge on any atom is 0.254 e. The van der Waals surface area contributed by atoms with Gasteiger partial charge in [0.25, 0.3) is 5.91 Å². The second-order valence-corrected chi connectivity index (χ2v) is 6.21. The van der Waals surface area contributed by atoms with Gasteiger partial charge in [0, 0.05) is 44.8 Å². The molecule has 1 aromatic heterocycles. The fourth-order valence-electron chi connectivity index (χ4n) is 2.87. The summed E-state index contributed by atoms with van der Waals surface area (Å²) in [7, 11) is 3.28. The van der Waals surface area contributed by atoms with E-state index in [1.807, 2.05) is 6.07 Å². The molecule has 8 heteroatoms. The van der Waals surface area contributed by atoms with E-state index in [2.05, 4.69) is 10.1 Å². The zero-order valence-electron chi connectivity index (χ0n) is 15.0. The summed E-state index contributed by atoms with van der Waals surface area (Å²) in [6.07, 6.45) is 1.96. The van der Waals surface area contributed by atoms with Crippen LogP contribution in [-0.4, -0.2) is 54.2 Å². The Labute approximate surface area is 151 Å². The molecule has 2 heterocycles. The van der Waals surface area contributed by atoms with E-state index in [0.29, 0.717) is 43.3 Å². The molecule has 0 N–H and O–H groups in total. The molecular weight excluding hydrogens is 336 g/mol. The molecule has 1 fully saturated rings. The Kier molecular flexibility index (Phi) is 5.62. The monoisotopic (exact) mass is 358 g/mol. The van der Waals surface area contributed by atoms with Crippen molar-refractivity contribution in [1.82, 2.24) is 15.0 Å². The molecule has 26 heavy (non-hydrogen) atoms. The Morgan fingerprint density at radius 3 is 3.00 bits per heavy atom. The minimum Gasteiger partial charge on any atom is -0.384 e. The quantitative estimate of drug-likeness (QED) is 0.748. The third-order valence-corrected chi connectivity index (χ3v) is 4.24. The average Bonchev–Trinajstić information content (AvgIpc) is 3.28. The molecule has 2 aromatic rings. The Hall–Kier alpha value is -2.74. The van der Waals surface area contributed by atoms with Crippen LogP contribution in [0, 0.1) is 0 Å². The van der Waals surface area contributed by atoms with Crippen molar-refractivity contribution in [1.29, 1.82) is 0 Å². The maximum absolute atomic E-state index is 12.7. The zero-order valence-corrected chi connectivity index (χ0v) is 15.0. The van der Waals surface area contributed by atoms with Gasteiger partial charge in [0.2, 0.25) is 11.8 Å². The van der Waals surface area contributed by atoms with Gasteiger partial charge in [0.1, 0.15) is 0 Å². The maximum atomic E-state index is 12.7. The highest BCUT2D eigenvalue weighted by Gasteiger charge is 2.23. The van der Waals surface area contributed by atoms with Crippen LogP contribution in [0.25, 0.3) is 0 Å². The largest absolute Gasteiger partial charge is 0.384 e. The number of rotatable bonds is 7. The van der Waals surface area contributed by atoms with Crippen LogP contribution in [-0.2, 0) is 22.5 Å². The van der Waals surface area contributed by atoms with Gasteiger partial charge in [-0.2, -0.15) is 4.98 Å². The molecule has 0 atom stereocenters. The summed E-state index contributed by atoms with van der Waals surface area (Å²) in [6, 6.07) is 7.12. The van der Waals surface area contributed by atoms with Crippen molar-refractivity contribution in [3.63, 3.8) is 0 Å². The standard InChI is InChI=1S/C18H22N4O4/c1-21(12-16-19-15(20-26-16)8-10-25-2)18(24)13-5-3-6-14(11-13)22-9-4-7-17(22)23/h3,5-6,11H,4,7-10,12H2,1-2H3. The number of methoxy groups -OCH3 is 1. The molecule has 1 aliphatic rings. The van der Waals surface area contributed by atoms with Gasteiger partial charge in [-0.3, -0.25) is 9.59 Å². The van der Waals surface area contributed by atoms with E-state index >= 15 is 0 Å². The smallest absolute Gasteiger partial charge is 0.254 e. The first kappa shape index (κ1) is 18.1. The fraction of sp³-hybridized carbons (Fsp3) is 0.444. The summed E-state index contributed by atoms with van der Waals surface area (Å²) in [5, 5.41) is 3.87. The lowest BCUT2D eigenvalue weighted by atomic mass is 10.1. The lowest BCUT2D eigenvalue weighted by molar-refractivity contribution is -0.117. The highest BCUT2D eigenvalue weighted by atomic mass is 16.5. The summed E-state index contributed by atoms with van der Waals surface area (Å²) in [5.74, 6) is 0.850. The van der Waals surface area contributed by atoms with Gasteiger partial charge in [-0.1, -0.05) is 11.2 Å². The number of carbonyl (C=O) groups excluding carboxylic acids is 2. The number of hydrogen-bond donors (Lipinski definition) is 0. The van der Waals surface area contributed by atoms with E-state index in [1.165, 1.54) is 4.90 Å². The molecule has 2 amide bonds. The Morgan fingerprint density at radius 1 is 1.42 bits per heavy atom. The fourth-order valence-corrected chi connectivity index (χ4v) is 2.87. The van der Waals surface area contributed by atoms with Gasteiger partial charge in [-0.25, -0.2) is 0 Å². The van der Waals surface area contributed by atoms with E-state index < -0.39 is 0 Å².